The summed E-state index contributed by atoms with van der Waals surface area (Å²) in [6, 6.07) is 13.8. The maximum Gasteiger partial charge on any atom is 0.295 e. The molecular weight excluding hydrogens is 512 g/mol. The smallest absolute Gasteiger partial charge is 0.295 e. The first-order valence-corrected chi connectivity index (χ1v) is 12.9. The minimum Gasteiger partial charge on any atom is -0.507 e. The molecule has 2 heterocycles. The van der Waals surface area contributed by atoms with Crippen LogP contribution in [-0.2, 0) is 14.3 Å². The first-order chi connectivity index (χ1) is 17.0. The van der Waals surface area contributed by atoms with Gasteiger partial charge in [-0.1, -0.05) is 47.1 Å². The van der Waals surface area contributed by atoms with Crippen LogP contribution in [0, 0.1) is 0 Å². The molecule has 7 nitrogen and oxygen atoms in total. The highest BCUT2D eigenvalue weighted by Crippen LogP contribution is 2.40. The van der Waals surface area contributed by atoms with Crippen molar-refractivity contribution in [1.29, 1.82) is 0 Å². The van der Waals surface area contributed by atoms with Crippen molar-refractivity contribution in [3.63, 3.8) is 0 Å². The Morgan fingerprint density at radius 3 is 2.40 bits per heavy atom. The van der Waals surface area contributed by atoms with E-state index >= 15 is 0 Å². The Hall–Kier alpha value is -2.68. The van der Waals surface area contributed by atoms with Crippen molar-refractivity contribution < 1.29 is 24.2 Å². The van der Waals surface area contributed by atoms with Crippen LogP contribution in [-0.4, -0.2) is 72.6 Å². The zero-order valence-electron chi connectivity index (χ0n) is 19.9. The van der Waals surface area contributed by atoms with Gasteiger partial charge in [0.15, 0.2) is 0 Å². The summed E-state index contributed by atoms with van der Waals surface area (Å²) < 4.78 is 12.0. The lowest BCUT2D eigenvalue weighted by molar-refractivity contribution is -0.140. The number of carbonyl (C=O) groups is 2. The van der Waals surface area contributed by atoms with Crippen LogP contribution in [0.2, 0.25) is 0 Å². The molecule has 0 radical (unpaired) electrons. The maximum atomic E-state index is 13.2. The van der Waals surface area contributed by atoms with Crippen LogP contribution < -0.4 is 4.74 Å². The first kappa shape index (κ1) is 25.4. The van der Waals surface area contributed by atoms with E-state index in [1.165, 1.54) is 0 Å². The number of carbonyl (C=O) groups excluding carboxylic acids is 2. The van der Waals surface area contributed by atoms with Gasteiger partial charge in [0.25, 0.3) is 11.7 Å². The molecule has 35 heavy (non-hydrogen) atoms. The quantitative estimate of drug-likeness (QED) is 0.287. The minimum atomic E-state index is -0.663. The maximum absolute atomic E-state index is 13.2. The van der Waals surface area contributed by atoms with E-state index in [1.54, 1.807) is 29.2 Å². The summed E-state index contributed by atoms with van der Waals surface area (Å²) >= 11 is 3.39. The van der Waals surface area contributed by atoms with E-state index in [0.717, 1.165) is 48.3 Å². The van der Waals surface area contributed by atoms with Crippen LogP contribution in [0.3, 0.4) is 0 Å². The highest BCUT2D eigenvalue weighted by Gasteiger charge is 2.45. The number of likely N-dealkylation sites (tertiary alicyclic amines) is 1. The fraction of sp³-hybridized carbons (Fsp3) is 0.407. The van der Waals surface area contributed by atoms with E-state index < -0.39 is 17.7 Å². The number of ketones is 1. The number of rotatable bonds is 9. The Balaban J connectivity index is 1.64. The molecule has 4 rings (SSSR count). The van der Waals surface area contributed by atoms with Crippen molar-refractivity contribution in [2.24, 2.45) is 0 Å². The number of Topliss-reactive ketones (excluding diaryl/α,β-unsaturated/α-hetero) is 1. The molecule has 0 bridgehead atoms. The third kappa shape index (κ3) is 5.94. The van der Waals surface area contributed by atoms with Crippen LogP contribution in [0.5, 0.6) is 5.75 Å². The molecule has 0 spiro atoms. The summed E-state index contributed by atoms with van der Waals surface area (Å²) in [5, 5.41) is 11.2. The summed E-state index contributed by atoms with van der Waals surface area (Å²) in [6.07, 6.45) is 1.62. The van der Waals surface area contributed by atoms with Crippen molar-refractivity contribution >= 4 is 33.4 Å². The lowest BCUT2D eigenvalue weighted by Gasteiger charge is -2.29. The van der Waals surface area contributed by atoms with Crippen LogP contribution in [0.1, 0.15) is 36.9 Å². The van der Waals surface area contributed by atoms with Gasteiger partial charge in [-0.3, -0.25) is 14.5 Å². The molecule has 8 heteroatoms. The van der Waals surface area contributed by atoms with Gasteiger partial charge in [-0.2, -0.15) is 0 Å². The van der Waals surface area contributed by atoms with Gasteiger partial charge in [-0.05, 0) is 42.7 Å². The number of nitrogens with zero attached hydrogens (tertiary/aromatic N) is 2. The number of benzene rings is 2. The zero-order valence-corrected chi connectivity index (χ0v) is 21.5. The average molecular weight is 543 g/mol. The van der Waals surface area contributed by atoms with Crippen molar-refractivity contribution in [3.8, 4) is 5.75 Å². The number of aliphatic hydroxyl groups is 1. The second kappa shape index (κ2) is 11.8. The molecule has 0 unspecified atom stereocenters. The second-order valence-electron chi connectivity index (χ2n) is 8.72. The average Bonchev–Trinajstić information content (AvgIpc) is 3.13. The first-order valence-electron chi connectivity index (χ1n) is 12.1. The lowest BCUT2D eigenvalue weighted by Crippen LogP contribution is -2.38. The van der Waals surface area contributed by atoms with Crippen LogP contribution in [0.25, 0.3) is 5.76 Å². The third-order valence-corrected chi connectivity index (χ3v) is 6.83. The van der Waals surface area contributed by atoms with Gasteiger partial charge >= 0.3 is 0 Å². The highest BCUT2D eigenvalue weighted by molar-refractivity contribution is 9.10. The summed E-state index contributed by atoms with van der Waals surface area (Å²) in [7, 11) is 0. The Kier molecular flexibility index (Phi) is 8.59. The number of hydrogen-bond donors (Lipinski definition) is 1. The monoisotopic (exact) mass is 542 g/mol. The van der Waals surface area contributed by atoms with Gasteiger partial charge in [0.05, 0.1) is 31.4 Å². The van der Waals surface area contributed by atoms with Crippen LogP contribution in [0.4, 0.5) is 0 Å². The molecule has 2 aromatic rings. The summed E-state index contributed by atoms with van der Waals surface area (Å²) in [5.41, 5.74) is 1.37. The number of morpholine rings is 1. The van der Waals surface area contributed by atoms with E-state index in [0.29, 0.717) is 31.9 Å². The van der Waals surface area contributed by atoms with Crippen molar-refractivity contribution in [2.75, 3.05) is 46.0 Å². The summed E-state index contributed by atoms with van der Waals surface area (Å²) in [5.74, 6) is -0.675. The van der Waals surface area contributed by atoms with Crippen molar-refractivity contribution in [3.05, 3.63) is 69.7 Å². The number of ether oxygens (including phenoxy) is 2. The predicted molar refractivity (Wildman–Crippen MR) is 137 cm³/mol. The minimum absolute atomic E-state index is 0.117. The van der Waals surface area contributed by atoms with Crippen LogP contribution in [0.15, 0.2) is 58.6 Å². The standard InChI is InChI=1S/C27H31BrN2O5/c1-2-16-35-22-10-6-19(7-11-22)24-23(25(31)20-4-8-21(28)9-5-20)26(32)27(33)30(24)13-3-12-29-14-17-34-18-15-29/h4-11,24,31H,2-3,12-18H2,1H3/t24-/m0/s1. The van der Waals surface area contributed by atoms with E-state index in [2.05, 4.69) is 20.8 Å². The molecule has 2 saturated heterocycles. The molecule has 1 N–H and O–H groups in total. The Morgan fingerprint density at radius 1 is 1.06 bits per heavy atom. The number of halogens is 1. The molecule has 186 valence electrons. The predicted octanol–water partition coefficient (Wildman–Crippen LogP) is 4.38. The van der Waals surface area contributed by atoms with E-state index in [4.69, 9.17) is 9.47 Å². The van der Waals surface area contributed by atoms with Crippen molar-refractivity contribution in [1.82, 2.24) is 9.80 Å². The molecule has 1 atom stereocenters. The molecule has 0 aliphatic carbocycles. The second-order valence-corrected chi connectivity index (χ2v) is 9.64. The van der Waals surface area contributed by atoms with E-state index in [9.17, 15) is 14.7 Å². The molecule has 1 amide bonds. The zero-order chi connectivity index (χ0) is 24.8. The topological polar surface area (TPSA) is 79.3 Å². The van der Waals surface area contributed by atoms with Crippen LogP contribution >= 0.6 is 15.9 Å². The normalized spacial score (nSPS) is 20.4. The van der Waals surface area contributed by atoms with E-state index in [-0.39, 0.29) is 11.3 Å². The molecule has 0 aromatic heterocycles. The summed E-state index contributed by atoms with van der Waals surface area (Å²) in [6.45, 7) is 7.04. The van der Waals surface area contributed by atoms with Gasteiger partial charge < -0.3 is 19.5 Å². The number of amides is 1. The largest absolute Gasteiger partial charge is 0.507 e. The van der Waals surface area contributed by atoms with Gasteiger partial charge in [0.1, 0.15) is 11.5 Å². The molecule has 0 saturated carbocycles. The molecule has 2 aliphatic rings. The Bertz CT molecular complexity index is 1060. The fourth-order valence-electron chi connectivity index (χ4n) is 4.48. The molecule has 2 fully saturated rings. The fourth-order valence-corrected chi connectivity index (χ4v) is 4.74. The highest BCUT2D eigenvalue weighted by atomic mass is 79.9. The van der Waals surface area contributed by atoms with Crippen molar-refractivity contribution in [2.45, 2.75) is 25.8 Å². The Labute approximate surface area is 214 Å². The SMILES string of the molecule is CCCOc1ccc([C@H]2C(=C(O)c3ccc(Br)cc3)C(=O)C(=O)N2CCCN2CCOCC2)cc1. The number of aliphatic hydroxyl groups excluding tert-OH is 1. The number of hydrogen-bond acceptors (Lipinski definition) is 6. The summed E-state index contributed by atoms with van der Waals surface area (Å²) in [4.78, 5) is 30.2. The lowest BCUT2D eigenvalue weighted by atomic mass is 9.95. The van der Waals surface area contributed by atoms with Gasteiger partial charge in [-0.25, -0.2) is 0 Å². The van der Waals surface area contributed by atoms with Gasteiger partial charge in [-0.15, -0.1) is 0 Å². The molecular formula is C27H31BrN2O5. The molecule has 2 aromatic carbocycles. The Morgan fingerprint density at radius 2 is 1.74 bits per heavy atom. The van der Waals surface area contributed by atoms with E-state index in [1.807, 2.05) is 31.2 Å². The van der Waals surface area contributed by atoms with Gasteiger partial charge in [0.2, 0.25) is 0 Å². The third-order valence-electron chi connectivity index (χ3n) is 6.30. The molecule has 2 aliphatic heterocycles. The van der Waals surface area contributed by atoms with Gasteiger partial charge in [0, 0.05) is 36.2 Å².